The number of sulfonamides is 1. The highest BCUT2D eigenvalue weighted by Gasteiger charge is 2.24. The minimum Gasteiger partial charge on any atom is -0.326 e. The molecule has 7 heteroatoms. The lowest BCUT2D eigenvalue weighted by atomic mass is 10.2. The van der Waals surface area contributed by atoms with Crippen LogP contribution in [0, 0.1) is 6.92 Å². The highest BCUT2D eigenvalue weighted by atomic mass is 35.5. The zero-order valence-corrected chi connectivity index (χ0v) is 14.2. The Kier molecular flexibility index (Phi) is 5.06. The summed E-state index contributed by atoms with van der Waals surface area (Å²) in [4.78, 5) is 1.97. The predicted octanol–water partition coefficient (Wildman–Crippen LogP) is 2.99. The van der Waals surface area contributed by atoms with Gasteiger partial charge in [-0.25, -0.2) is 8.42 Å². The maximum atomic E-state index is 12.6. The van der Waals surface area contributed by atoms with Crippen LogP contribution in [0.2, 0.25) is 5.02 Å². The van der Waals surface area contributed by atoms with Crippen LogP contribution in [-0.2, 0) is 23.1 Å². The van der Waals surface area contributed by atoms with Crippen molar-refractivity contribution in [3.8, 4) is 0 Å². The van der Waals surface area contributed by atoms with Gasteiger partial charge in [0.05, 0.1) is 4.90 Å². The van der Waals surface area contributed by atoms with Crippen LogP contribution in [0.4, 0.5) is 0 Å². The Bertz CT molecular complexity index is 724. The number of thiophene rings is 1. The molecule has 21 heavy (non-hydrogen) atoms. The van der Waals surface area contributed by atoms with Crippen molar-refractivity contribution in [3.63, 3.8) is 0 Å². The molecule has 0 saturated heterocycles. The molecule has 2 rings (SSSR count). The number of nitrogens with two attached hydrogens (primary N) is 1. The fourth-order valence-electron chi connectivity index (χ4n) is 1.98. The van der Waals surface area contributed by atoms with E-state index >= 15 is 0 Å². The Morgan fingerprint density at radius 1 is 1.29 bits per heavy atom. The van der Waals surface area contributed by atoms with Gasteiger partial charge in [-0.15, -0.1) is 11.3 Å². The topological polar surface area (TPSA) is 63.4 Å². The van der Waals surface area contributed by atoms with E-state index in [2.05, 4.69) is 0 Å². The number of halogens is 1. The number of nitrogens with zero attached hydrogens (tertiary/aromatic N) is 1. The number of hydrogen-bond acceptors (Lipinski definition) is 4. The van der Waals surface area contributed by atoms with Crippen LogP contribution < -0.4 is 5.73 Å². The average molecular weight is 345 g/mol. The van der Waals surface area contributed by atoms with Gasteiger partial charge in [0.1, 0.15) is 0 Å². The molecule has 0 aliphatic heterocycles. The fraction of sp³-hybridized carbons (Fsp3) is 0.286. The first-order valence-corrected chi connectivity index (χ1v) is 8.98. The molecule has 1 aromatic heterocycles. The van der Waals surface area contributed by atoms with Gasteiger partial charge in [-0.1, -0.05) is 23.7 Å². The number of aryl methyl sites for hydroxylation is 1. The first-order chi connectivity index (χ1) is 9.84. The van der Waals surface area contributed by atoms with E-state index in [4.69, 9.17) is 17.3 Å². The summed E-state index contributed by atoms with van der Waals surface area (Å²) in [7, 11) is -1.94. The Hall–Kier alpha value is -0.920. The second kappa shape index (κ2) is 6.46. The molecule has 0 spiro atoms. The first-order valence-electron chi connectivity index (χ1n) is 6.34. The fourth-order valence-corrected chi connectivity index (χ4v) is 4.74. The van der Waals surface area contributed by atoms with Crippen molar-refractivity contribution < 1.29 is 8.42 Å². The van der Waals surface area contributed by atoms with E-state index in [-0.39, 0.29) is 0 Å². The van der Waals surface area contributed by atoms with Crippen molar-refractivity contribution in [1.29, 1.82) is 0 Å². The third-order valence-electron chi connectivity index (χ3n) is 3.13. The van der Waals surface area contributed by atoms with E-state index in [1.165, 1.54) is 15.6 Å². The summed E-state index contributed by atoms with van der Waals surface area (Å²) in [5, 5.41) is 0.630. The van der Waals surface area contributed by atoms with Crippen molar-refractivity contribution in [2.45, 2.75) is 24.9 Å². The largest absolute Gasteiger partial charge is 0.326 e. The summed E-state index contributed by atoms with van der Waals surface area (Å²) < 4.78 is 26.6. The molecule has 2 aromatic rings. The van der Waals surface area contributed by atoms with Gasteiger partial charge in [0.15, 0.2) is 0 Å². The Morgan fingerprint density at radius 3 is 2.43 bits per heavy atom. The monoisotopic (exact) mass is 344 g/mol. The first kappa shape index (κ1) is 16.5. The molecule has 0 unspecified atom stereocenters. The number of hydrogen-bond donors (Lipinski definition) is 1. The van der Waals surface area contributed by atoms with E-state index in [1.54, 1.807) is 32.2 Å². The van der Waals surface area contributed by atoms with E-state index in [0.29, 0.717) is 23.0 Å². The second-order valence-electron chi connectivity index (χ2n) is 4.72. The lowest BCUT2D eigenvalue weighted by molar-refractivity contribution is 0.466. The summed E-state index contributed by atoms with van der Waals surface area (Å²) in [6, 6.07) is 8.80. The van der Waals surface area contributed by atoms with Gasteiger partial charge >= 0.3 is 0 Å². The molecule has 0 aliphatic carbocycles. The van der Waals surface area contributed by atoms with E-state index < -0.39 is 10.0 Å². The molecule has 1 heterocycles. The second-order valence-corrected chi connectivity index (χ2v) is 8.52. The van der Waals surface area contributed by atoms with E-state index in [9.17, 15) is 8.42 Å². The van der Waals surface area contributed by atoms with Crippen LogP contribution >= 0.6 is 22.9 Å². The van der Waals surface area contributed by atoms with E-state index in [0.717, 1.165) is 15.3 Å². The van der Waals surface area contributed by atoms with Crippen molar-refractivity contribution >= 4 is 33.0 Å². The summed E-state index contributed by atoms with van der Waals surface area (Å²) >= 11 is 7.25. The molecular weight excluding hydrogens is 328 g/mol. The third-order valence-corrected chi connectivity index (χ3v) is 6.51. The van der Waals surface area contributed by atoms with Crippen LogP contribution in [0.15, 0.2) is 35.2 Å². The van der Waals surface area contributed by atoms with Crippen LogP contribution in [0.25, 0.3) is 0 Å². The van der Waals surface area contributed by atoms with Crippen molar-refractivity contribution in [1.82, 2.24) is 4.31 Å². The Balaban J connectivity index is 2.25. The summed E-state index contributed by atoms with van der Waals surface area (Å²) in [5.41, 5.74) is 6.47. The predicted molar refractivity (Wildman–Crippen MR) is 87.1 cm³/mol. The molecule has 0 saturated carbocycles. The van der Waals surface area contributed by atoms with Crippen molar-refractivity contribution in [2.75, 3.05) is 7.05 Å². The van der Waals surface area contributed by atoms with Crippen LogP contribution in [0.5, 0.6) is 0 Å². The molecule has 0 aliphatic rings. The Labute approximate surface area is 134 Å². The van der Waals surface area contributed by atoms with Gasteiger partial charge in [-0.05, 0) is 30.7 Å². The maximum Gasteiger partial charge on any atom is 0.244 e. The highest BCUT2D eigenvalue weighted by Crippen LogP contribution is 2.28. The molecule has 1 aromatic carbocycles. The molecule has 114 valence electrons. The smallest absolute Gasteiger partial charge is 0.244 e. The van der Waals surface area contributed by atoms with Gasteiger partial charge in [-0.3, -0.25) is 0 Å². The molecule has 2 N–H and O–H groups in total. The van der Waals surface area contributed by atoms with E-state index in [1.807, 2.05) is 12.1 Å². The molecule has 0 fully saturated rings. The molecular formula is C14H17ClN2O2S2. The standard InChI is InChI=1S/C14H17ClN2O2S2/c1-10-14(7-13(8-16)20-10)21(18,19)17(2)9-11-3-5-12(15)6-4-11/h3-7H,8-9,16H2,1-2H3. The lowest BCUT2D eigenvalue weighted by Gasteiger charge is -2.17. The zero-order chi connectivity index (χ0) is 15.6. The number of benzene rings is 1. The Morgan fingerprint density at radius 2 is 1.90 bits per heavy atom. The van der Waals surface area contributed by atoms with Gasteiger partial charge in [0.2, 0.25) is 10.0 Å². The molecule has 4 nitrogen and oxygen atoms in total. The third kappa shape index (κ3) is 3.64. The summed E-state index contributed by atoms with van der Waals surface area (Å²) in [5.74, 6) is 0. The molecule has 0 radical (unpaired) electrons. The minimum atomic E-state index is -3.51. The van der Waals surface area contributed by atoms with Crippen LogP contribution in [0.3, 0.4) is 0 Å². The molecule has 0 amide bonds. The van der Waals surface area contributed by atoms with Gasteiger partial charge < -0.3 is 5.73 Å². The molecule has 0 bridgehead atoms. The van der Waals surface area contributed by atoms with Crippen LogP contribution in [0.1, 0.15) is 15.3 Å². The minimum absolute atomic E-state index is 0.298. The zero-order valence-electron chi connectivity index (χ0n) is 11.8. The van der Waals surface area contributed by atoms with Gasteiger partial charge in [-0.2, -0.15) is 4.31 Å². The summed E-state index contributed by atoms with van der Waals surface area (Å²) in [6.07, 6.45) is 0. The normalized spacial score (nSPS) is 12.0. The van der Waals surface area contributed by atoms with Crippen molar-refractivity contribution in [2.24, 2.45) is 5.73 Å². The summed E-state index contributed by atoms with van der Waals surface area (Å²) in [6.45, 7) is 2.45. The SMILES string of the molecule is Cc1sc(CN)cc1S(=O)(=O)N(C)Cc1ccc(Cl)cc1. The quantitative estimate of drug-likeness (QED) is 0.906. The van der Waals surface area contributed by atoms with Gasteiger partial charge in [0.25, 0.3) is 0 Å². The number of rotatable bonds is 5. The maximum absolute atomic E-state index is 12.6. The van der Waals surface area contributed by atoms with Crippen LogP contribution in [-0.4, -0.2) is 19.8 Å². The average Bonchev–Trinajstić information content (AvgIpc) is 2.83. The van der Waals surface area contributed by atoms with Gasteiger partial charge in [0, 0.05) is 34.9 Å². The van der Waals surface area contributed by atoms with Crippen molar-refractivity contribution in [3.05, 3.63) is 50.7 Å². The lowest BCUT2D eigenvalue weighted by Crippen LogP contribution is -2.26. The highest BCUT2D eigenvalue weighted by molar-refractivity contribution is 7.89. The molecule has 0 atom stereocenters.